The number of hydrogen-bond acceptors (Lipinski definition) is 4. The summed E-state index contributed by atoms with van der Waals surface area (Å²) in [5.74, 6) is -1.82. The number of carboxylic acid groups (broad SMARTS) is 1. The van der Waals surface area contributed by atoms with Crippen molar-refractivity contribution >= 4 is 27.8 Å². The minimum absolute atomic E-state index is 0.162. The van der Waals surface area contributed by atoms with E-state index in [4.69, 9.17) is 5.11 Å². The molecule has 0 saturated heterocycles. The fraction of sp³-hybridized carbons (Fsp3) is 0.417. The van der Waals surface area contributed by atoms with Gasteiger partial charge in [0.25, 0.3) is 0 Å². The van der Waals surface area contributed by atoms with Gasteiger partial charge in [-0.1, -0.05) is 13.8 Å². The molecule has 0 radical (unpaired) electrons. The van der Waals surface area contributed by atoms with Crippen molar-refractivity contribution in [3.63, 3.8) is 0 Å². The number of aliphatic carboxylic acids is 1. The van der Waals surface area contributed by atoms with Crippen LogP contribution in [0.25, 0.3) is 0 Å². The summed E-state index contributed by atoms with van der Waals surface area (Å²) in [4.78, 5) is 10.5. The molecule has 124 valence electrons. The summed E-state index contributed by atoms with van der Waals surface area (Å²) in [7, 11) is -4.13. The number of halogens is 3. The first-order valence-corrected chi connectivity index (χ1v) is 8.33. The lowest BCUT2D eigenvalue weighted by molar-refractivity contribution is -0.140. The zero-order chi connectivity index (χ0) is 17.1. The fourth-order valence-corrected chi connectivity index (χ4v) is 3.40. The van der Waals surface area contributed by atoms with E-state index in [0.29, 0.717) is 0 Å². The third-order valence-corrected chi connectivity index (χ3v) is 4.78. The Hall–Kier alpha value is -1.26. The maximum atomic E-state index is 12.2. The monoisotopic (exact) mass is 357 g/mol. The van der Waals surface area contributed by atoms with Gasteiger partial charge in [0.05, 0.1) is 4.90 Å². The molecule has 0 aliphatic carbocycles. The van der Waals surface area contributed by atoms with Crippen molar-refractivity contribution in [2.24, 2.45) is 5.92 Å². The van der Waals surface area contributed by atoms with Gasteiger partial charge in [-0.2, -0.15) is 17.9 Å². The highest BCUT2D eigenvalue weighted by Crippen LogP contribution is 2.36. The van der Waals surface area contributed by atoms with Crippen molar-refractivity contribution in [1.82, 2.24) is 4.72 Å². The molecular formula is C12H14F3NO4S2. The average molecular weight is 357 g/mol. The number of rotatable bonds is 6. The van der Waals surface area contributed by atoms with Gasteiger partial charge in [0.2, 0.25) is 10.0 Å². The van der Waals surface area contributed by atoms with Crippen LogP contribution in [0.5, 0.6) is 0 Å². The minimum Gasteiger partial charge on any atom is -0.480 e. The molecule has 22 heavy (non-hydrogen) atoms. The molecule has 0 aromatic heterocycles. The Morgan fingerprint density at radius 1 is 1.23 bits per heavy atom. The zero-order valence-corrected chi connectivity index (χ0v) is 13.2. The van der Waals surface area contributed by atoms with E-state index >= 15 is 0 Å². The summed E-state index contributed by atoms with van der Waals surface area (Å²) >= 11 is -0.366. The van der Waals surface area contributed by atoms with Gasteiger partial charge in [0, 0.05) is 4.90 Å². The Labute approximate surface area is 130 Å². The Morgan fingerprint density at radius 2 is 1.73 bits per heavy atom. The highest BCUT2D eigenvalue weighted by Gasteiger charge is 2.30. The third-order valence-electron chi connectivity index (χ3n) is 2.58. The Kier molecular flexibility index (Phi) is 5.88. The van der Waals surface area contributed by atoms with Crippen LogP contribution in [0.2, 0.25) is 0 Å². The van der Waals surface area contributed by atoms with E-state index in [0.717, 1.165) is 24.3 Å². The lowest BCUT2D eigenvalue weighted by Crippen LogP contribution is -2.44. The van der Waals surface area contributed by atoms with Crippen molar-refractivity contribution in [2.75, 3.05) is 0 Å². The third kappa shape index (κ3) is 5.50. The quantitative estimate of drug-likeness (QED) is 0.765. The molecule has 1 rings (SSSR count). The fourth-order valence-electron chi connectivity index (χ4n) is 1.53. The number of carbonyl (C=O) groups is 1. The van der Waals surface area contributed by atoms with Crippen molar-refractivity contribution in [3.8, 4) is 0 Å². The van der Waals surface area contributed by atoms with Gasteiger partial charge in [-0.15, -0.1) is 0 Å². The maximum Gasteiger partial charge on any atom is 0.446 e. The molecule has 2 N–H and O–H groups in total. The van der Waals surface area contributed by atoms with Crippen LogP contribution < -0.4 is 4.72 Å². The second-order valence-corrected chi connectivity index (χ2v) is 7.55. The summed E-state index contributed by atoms with van der Waals surface area (Å²) in [5.41, 5.74) is -4.47. The molecule has 0 amide bonds. The van der Waals surface area contributed by atoms with E-state index < -0.39 is 33.5 Å². The minimum atomic E-state index is -4.47. The molecule has 0 saturated carbocycles. The molecule has 0 aliphatic heterocycles. The number of alkyl halides is 3. The second kappa shape index (κ2) is 6.88. The van der Waals surface area contributed by atoms with Crippen LogP contribution in [-0.4, -0.2) is 31.0 Å². The topological polar surface area (TPSA) is 83.5 Å². The standard InChI is InChI=1S/C12H14F3NO4S2/c1-7(2)10(11(17)18)16-22(19,20)9-5-3-8(4-6-9)21-12(13,14)15/h3-7,10,16H,1-2H3,(H,17,18). The first kappa shape index (κ1) is 18.8. The Balaban J connectivity index is 2.96. The van der Waals surface area contributed by atoms with Gasteiger partial charge in [-0.25, -0.2) is 8.42 Å². The molecule has 1 aromatic carbocycles. The normalized spacial score (nSPS) is 14.1. The predicted octanol–water partition coefficient (Wildman–Crippen LogP) is 2.69. The van der Waals surface area contributed by atoms with E-state index in [1.165, 1.54) is 13.8 Å². The van der Waals surface area contributed by atoms with Crippen molar-refractivity contribution in [1.29, 1.82) is 0 Å². The summed E-state index contributed by atoms with van der Waals surface area (Å²) in [6, 6.07) is 2.69. The van der Waals surface area contributed by atoms with Crippen LogP contribution in [0.4, 0.5) is 13.2 Å². The van der Waals surface area contributed by atoms with Crippen molar-refractivity contribution in [3.05, 3.63) is 24.3 Å². The molecule has 5 nitrogen and oxygen atoms in total. The number of carboxylic acids is 1. The van der Waals surface area contributed by atoms with Gasteiger partial charge in [-0.05, 0) is 41.9 Å². The first-order chi connectivity index (χ1) is 9.92. The van der Waals surface area contributed by atoms with Crippen LogP contribution in [0, 0.1) is 5.92 Å². The SMILES string of the molecule is CC(C)C(NS(=O)(=O)c1ccc(SC(F)(F)F)cc1)C(=O)O. The molecule has 1 aromatic rings. The van der Waals surface area contributed by atoms with Crippen LogP contribution in [0.3, 0.4) is 0 Å². The Morgan fingerprint density at radius 3 is 2.09 bits per heavy atom. The van der Waals surface area contributed by atoms with Gasteiger partial charge in [0.15, 0.2) is 0 Å². The lowest BCUT2D eigenvalue weighted by atomic mass is 10.1. The van der Waals surface area contributed by atoms with Crippen molar-refractivity contribution in [2.45, 2.75) is 35.2 Å². The zero-order valence-electron chi connectivity index (χ0n) is 11.6. The van der Waals surface area contributed by atoms with E-state index in [2.05, 4.69) is 0 Å². The lowest BCUT2D eigenvalue weighted by Gasteiger charge is -2.18. The van der Waals surface area contributed by atoms with Crippen LogP contribution in [-0.2, 0) is 14.8 Å². The number of benzene rings is 1. The number of hydrogen-bond donors (Lipinski definition) is 2. The second-order valence-electron chi connectivity index (χ2n) is 4.70. The first-order valence-electron chi connectivity index (χ1n) is 6.03. The molecule has 0 fully saturated rings. The average Bonchev–Trinajstić information content (AvgIpc) is 2.34. The smallest absolute Gasteiger partial charge is 0.446 e. The molecule has 1 unspecified atom stereocenters. The van der Waals surface area contributed by atoms with E-state index in [1.54, 1.807) is 0 Å². The van der Waals surface area contributed by atoms with Crippen molar-refractivity contribution < 1.29 is 31.5 Å². The highest BCUT2D eigenvalue weighted by molar-refractivity contribution is 8.00. The number of sulfonamides is 1. The molecule has 10 heteroatoms. The van der Waals surface area contributed by atoms with Crippen LogP contribution in [0.1, 0.15) is 13.8 Å². The molecular weight excluding hydrogens is 343 g/mol. The van der Waals surface area contributed by atoms with Crippen LogP contribution >= 0.6 is 11.8 Å². The summed E-state index contributed by atoms with van der Waals surface area (Å²) in [6.45, 7) is 3.06. The largest absolute Gasteiger partial charge is 0.480 e. The number of nitrogens with one attached hydrogen (secondary N) is 1. The van der Waals surface area contributed by atoms with E-state index in [9.17, 15) is 26.4 Å². The highest BCUT2D eigenvalue weighted by atomic mass is 32.2. The Bertz CT molecular complexity index is 627. The molecule has 1 atom stereocenters. The van der Waals surface area contributed by atoms with Gasteiger partial charge < -0.3 is 5.11 Å². The number of thioether (sulfide) groups is 1. The van der Waals surface area contributed by atoms with Crippen LogP contribution in [0.15, 0.2) is 34.1 Å². The molecule has 0 spiro atoms. The van der Waals surface area contributed by atoms with E-state index in [-0.39, 0.29) is 21.6 Å². The summed E-state index contributed by atoms with van der Waals surface area (Å²) < 4.78 is 62.7. The molecule has 0 bridgehead atoms. The van der Waals surface area contributed by atoms with Gasteiger partial charge in [-0.3, -0.25) is 4.79 Å². The summed E-state index contributed by atoms with van der Waals surface area (Å²) in [6.07, 6.45) is 0. The maximum absolute atomic E-state index is 12.2. The summed E-state index contributed by atoms with van der Waals surface area (Å²) in [5, 5.41) is 8.97. The van der Waals surface area contributed by atoms with E-state index in [1.807, 2.05) is 4.72 Å². The molecule has 0 heterocycles. The van der Waals surface area contributed by atoms with Gasteiger partial charge >= 0.3 is 11.5 Å². The predicted molar refractivity (Wildman–Crippen MR) is 74.9 cm³/mol. The molecule has 0 aliphatic rings. The van der Waals surface area contributed by atoms with Gasteiger partial charge in [0.1, 0.15) is 6.04 Å².